The molecule has 0 spiro atoms. The number of methoxy groups -OCH3 is 1. The molecule has 1 rings (SSSR count). The lowest BCUT2D eigenvalue weighted by Gasteiger charge is -2.41. The SMILES string of the molecule is COC1(C(=O)O)CC(C)CN(C(=O)OC(C)(C)C)C1. The second kappa shape index (κ2) is 5.36. The summed E-state index contributed by atoms with van der Waals surface area (Å²) in [5.74, 6) is -1.01. The van der Waals surface area contributed by atoms with Gasteiger partial charge in [-0.25, -0.2) is 9.59 Å². The third-order valence-electron chi connectivity index (χ3n) is 3.09. The van der Waals surface area contributed by atoms with Crippen molar-refractivity contribution in [2.45, 2.75) is 45.3 Å². The van der Waals surface area contributed by atoms with Crippen LogP contribution in [0.2, 0.25) is 0 Å². The maximum atomic E-state index is 12.0. The molecule has 1 amide bonds. The van der Waals surface area contributed by atoms with Crippen LogP contribution in [0.5, 0.6) is 0 Å². The minimum Gasteiger partial charge on any atom is -0.479 e. The van der Waals surface area contributed by atoms with Gasteiger partial charge in [0.2, 0.25) is 0 Å². The minimum absolute atomic E-state index is 0.0120. The van der Waals surface area contributed by atoms with Gasteiger partial charge < -0.3 is 19.5 Å². The Morgan fingerprint density at radius 1 is 1.37 bits per heavy atom. The average molecular weight is 273 g/mol. The van der Waals surface area contributed by atoms with E-state index in [9.17, 15) is 14.7 Å². The number of nitrogens with zero attached hydrogens (tertiary/aromatic N) is 1. The quantitative estimate of drug-likeness (QED) is 0.829. The number of carboxylic acids is 1. The van der Waals surface area contributed by atoms with Crippen molar-refractivity contribution in [2.24, 2.45) is 5.92 Å². The van der Waals surface area contributed by atoms with Crippen LogP contribution >= 0.6 is 0 Å². The number of amides is 1. The van der Waals surface area contributed by atoms with Crippen LogP contribution in [-0.2, 0) is 14.3 Å². The van der Waals surface area contributed by atoms with Crippen LogP contribution in [0, 0.1) is 5.92 Å². The van der Waals surface area contributed by atoms with E-state index in [1.54, 1.807) is 20.8 Å². The summed E-state index contributed by atoms with van der Waals surface area (Å²) in [6, 6.07) is 0. The largest absolute Gasteiger partial charge is 0.479 e. The van der Waals surface area contributed by atoms with Gasteiger partial charge >= 0.3 is 12.1 Å². The van der Waals surface area contributed by atoms with E-state index >= 15 is 0 Å². The fourth-order valence-electron chi connectivity index (χ4n) is 2.30. The zero-order valence-electron chi connectivity index (χ0n) is 12.2. The third-order valence-corrected chi connectivity index (χ3v) is 3.09. The Bertz CT molecular complexity index is 363. The van der Waals surface area contributed by atoms with Crippen molar-refractivity contribution in [3.05, 3.63) is 0 Å². The molecule has 0 bridgehead atoms. The maximum Gasteiger partial charge on any atom is 0.410 e. The highest BCUT2D eigenvalue weighted by Gasteiger charge is 2.47. The van der Waals surface area contributed by atoms with Crippen molar-refractivity contribution in [1.82, 2.24) is 4.90 Å². The summed E-state index contributed by atoms with van der Waals surface area (Å²) >= 11 is 0. The Morgan fingerprint density at radius 3 is 2.37 bits per heavy atom. The van der Waals surface area contributed by atoms with Crippen molar-refractivity contribution in [2.75, 3.05) is 20.2 Å². The zero-order chi connectivity index (χ0) is 14.8. The number of aliphatic carboxylic acids is 1. The number of hydrogen-bond acceptors (Lipinski definition) is 4. The summed E-state index contributed by atoms with van der Waals surface area (Å²) in [5, 5.41) is 9.33. The van der Waals surface area contributed by atoms with Gasteiger partial charge in [-0.2, -0.15) is 0 Å². The number of piperidine rings is 1. The van der Waals surface area contributed by atoms with Gasteiger partial charge in [0.1, 0.15) is 5.60 Å². The van der Waals surface area contributed by atoms with Crippen LogP contribution in [0.4, 0.5) is 4.79 Å². The van der Waals surface area contributed by atoms with Gasteiger partial charge in [-0.15, -0.1) is 0 Å². The predicted octanol–water partition coefficient (Wildman–Crippen LogP) is 1.73. The second-order valence-electron chi connectivity index (χ2n) is 6.17. The Labute approximate surface area is 113 Å². The number of rotatable bonds is 2. The van der Waals surface area contributed by atoms with Crippen molar-refractivity contribution in [3.63, 3.8) is 0 Å². The monoisotopic (exact) mass is 273 g/mol. The van der Waals surface area contributed by atoms with Crippen LogP contribution < -0.4 is 0 Å². The zero-order valence-corrected chi connectivity index (χ0v) is 12.2. The number of ether oxygens (including phenoxy) is 2. The lowest BCUT2D eigenvalue weighted by atomic mass is 9.86. The van der Waals surface area contributed by atoms with E-state index in [2.05, 4.69) is 0 Å². The molecule has 6 nitrogen and oxygen atoms in total. The molecule has 110 valence electrons. The first kappa shape index (κ1) is 15.8. The van der Waals surface area contributed by atoms with Gasteiger partial charge in [0, 0.05) is 13.7 Å². The molecule has 0 aromatic heterocycles. The molecule has 1 saturated heterocycles. The molecule has 2 unspecified atom stereocenters. The summed E-state index contributed by atoms with van der Waals surface area (Å²) < 4.78 is 10.5. The fourth-order valence-corrected chi connectivity index (χ4v) is 2.30. The molecule has 1 fully saturated rings. The van der Waals surface area contributed by atoms with Gasteiger partial charge in [0.25, 0.3) is 0 Å². The van der Waals surface area contributed by atoms with E-state index < -0.39 is 23.3 Å². The standard InChI is InChI=1S/C13H23NO5/c1-9-6-13(18-5,10(15)16)8-14(7-9)11(17)19-12(2,3)4/h9H,6-8H2,1-5H3,(H,15,16). The first-order chi connectivity index (χ1) is 8.59. The van der Waals surface area contributed by atoms with Crippen LogP contribution in [0.25, 0.3) is 0 Å². The van der Waals surface area contributed by atoms with Gasteiger partial charge in [0.05, 0.1) is 6.54 Å². The number of carbonyl (C=O) groups is 2. The lowest BCUT2D eigenvalue weighted by molar-refractivity contribution is -0.171. The van der Waals surface area contributed by atoms with E-state index in [-0.39, 0.29) is 12.5 Å². The Kier molecular flexibility index (Phi) is 4.45. The molecular formula is C13H23NO5. The molecule has 0 saturated carbocycles. The van der Waals surface area contributed by atoms with E-state index in [1.165, 1.54) is 12.0 Å². The van der Waals surface area contributed by atoms with Gasteiger partial charge in [-0.1, -0.05) is 6.92 Å². The summed E-state index contributed by atoms with van der Waals surface area (Å²) in [6.07, 6.45) is -0.111. The number of likely N-dealkylation sites (tertiary alicyclic amines) is 1. The molecule has 0 aromatic carbocycles. The van der Waals surface area contributed by atoms with Crippen molar-refractivity contribution in [1.29, 1.82) is 0 Å². The van der Waals surface area contributed by atoms with E-state index in [1.807, 2.05) is 6.92 Å². The molecule has 1 N–H and O–H groups in total. The van der Waals surface area contributed by atoms with Gasteiger partial charge in [-0.3, -0.25) is 0 Å². The van der Waals surface area contributed by atoms with Crippen molar-refractivity contribution < 1.29 is 24.2 Å². The van der Waals surface area contributed by atoms with E-state index in [4.69, 9.17) is 9.47 Å². The number of hydrogen-bond donors (Lipinski definition) is 1. The Morgan fingerprint density at radius 2 is 1.95 bits per heavy atom. The smallest absolute Gasteiger partial charge is 0.410 e. The number of carbonyl (C=O) groups excluding carboxylic acids is 1. The van der Waals surface area contributed by atoms with Crippen LogP contribution in [0.1, 0.15) is 34.1 Å². The fraction of sp³-hybridized carbons (Fsp3) is 0.846. The van der Waals surface area contributed by atoms with E-state index in [0.29, 0.717) is 13.0 Å². The molecule has 1 aliphatic heterocycles. The van der Waals surface area contributed by atoms with Gasteiger partial charge in [-0.05, 0) is 33.1 Å². The maximum absolute atomic E-state index is 12.0. The molecule has 0 radical (unpaired) electrons. The molecule has 0 aliphatic carbocycles. The molecule has 2 atom stereocenters. The predicted molar refractivity (Wildman–Crippen MR) is 69.0 cm³/mol. The second-order valence-corrected chi connectivity index (χ2v) is 6.17. The van der Waals surface area contributed by atoms with E-state index in [0.717, 1.165) is 0 Å². The molecule has 19 heavy (non-hydrogen) atoms. The highest BCUT2D eigenvalue weighted by atomic mass is 16.6. The minimum atomic E-state index is -1.34. The molecule has 6 heteroatoms. The first-order valence-corrected chi connectivity index (χ1v) is 6.36. The van der Waals surface area contributed by atoms with Crippen LogP contribution in [0.15, 0.2) is 0 Å². The highest BCUT2D eigenvalue weighted by Crippen LogP contribution is 2.29. The molecular weight excluding hydrogens is 250 g/mol. The van der Waals surface area contributed by atoms with Crippen molar-refractivity contribution in [3.8, 4) is 0 Å². The highest BCUT2D eigenvalue weighted by molar-refractivity contribution is 5.79. The Hall–Kier alpha value is -1.30. The van der Waals surface area contributed by atoms with Gasteiger partial charge in [0.15, 0.2) is 5.60 Å². The van der Waals surface area contributed by atoms with Crippen molar-refractivity contribution >= 4 is 12.1 Å². The molecule has 0 aromatic rings. The average Bonchev–Trinajstić information content (AvgIpc) is 2.25. The summed E-state index contributed by atoms with van der Waals surface area (Å²) in [5.41, 5.74) is -1.94. The molecule has 1 aliphatic rings. The summed E-state index contributed by atoms with van der Waals surface area (Å²) in [4.78, 5) is 24.9. The normalized spacial score (nSPS) is 28.1. The summed E-state index contributed by atoms with van der Waals surface area (Å²) in [7, 11) is 1.36. The molecule has 1 heterocycles. The first-order valence-electron chi connectivity index (χ1n) is 6.36. The van der Waals surface area contributed by atoms with Crippen LogP contribution in [0.3, 0.4) is 0 Å². The summed E-state index contributed by atoms with van der Waals surface area (Å²) in [6.45, 7) is 7.72. The number of carboxylic acid groups (broad SMARTS) is 1. The Balaban J connectivity index is 2.86. The topological polar surface area (TPSA) is 76.1 Å². The third kappa shape index (κ3) is 3.83. The van der Waals surface area contributed by atoms with Crippen LogP contribution in [-0.4, -0.2) is 53.5 Å². The lowest BCUT2D eigenvalue weighted by Crippen LogP contribution is -2.58.